The first-order valence-electron chi connectivity index (χ1n) is 11.2. The van der Waals surface area contributed by atoms with Crippen molar-refractivity contribution >= 4 is 29.7 Å². The van der Waals surface area contributed by atoms with Crippen LogP contribution in [0.2, 0.25) is 0 Å². The van der Waals surface area contributed by atoms with Crippen LogP contribution in [-0.4, -0.2) is 69.1 Å². The molecule has 3 amide bonds. The highest BCUT2D eigenvalue weighted by atomic mass is 16.4. The molecule has 8 N–H and O–H groups in total. The molecule has 5 atom stereocenters. The lowest BCUT2D eigenvalue weighted by molar-refractivity contribution is -0.143. The van der Waals surface area contributed by atoms with Crippen molar-refractivity contribution < 1.29 is 39.3 Å². The van der Waals surface area contributed by atoms with Gasteiger partial charge in [0.05, 0.1) is 6.04 Å². The van der Waals surface area contributed by atoms with Gasteiger partial charge in [-0.2, -0.15) is 0 Å². The Kier molecular flexibility index (Phi) is 11.7. The van der Waals surface area contributed by atoms with Crippen LogP contribution in [0.3, 0.4) is 0 Å². The number of phenols is 1. The summed E-state index contributed by atoms with van der Waals surface area (Å²) in [5, 5.41) is 34.9. The van der Waals surface area contributed by atoms with Crippen LogP contribution in [0.15, 0.2) is 24.3 Å². The van der Waals surface area contributed by atoms with E-state index in [9.17, 15) is 34.2 Å². The van der Waals surface area contributed by atoms with E-state index in [1.54, 1.807) is 26.0 Å². The van der Waals surface area contributed by atoms with E-state index in [1.165, 1.54) is 19.1 Å². The standard InChI is InChI=1S/C23H34N4O8/c1-4-12(2)19(23(34)35)27-20(31)13(3)25-22(33)17(9-10-18(29)30)26-21(32)16(24)11-14-5-7-15(28)8-6-14/h5-8,12-13,16-17,19,28H,4,9-11,24H2,1-3H3,(H,25,33)(H,26,32)(H,27,31)(H,29,30)(H,34,35)/t12-,13-,16-,17-,19-/m0/s1. The molecule has 0 aliphatic heterocycles. The normalized spacial score (nSPS) is 15.1. The summed E-state index contributed by atoms with van der Waals surface area (Å²) < 4.78 is 0. The van der Waals surface area contributed by atoms with Crippen LogP contribution in [0, 0.1) is 5.92 Å². The number of nitrogens with one attached hydrogen (secondary N) is 3. The van der Waals surface area contributed by atoms with Crippen molar-refractivity contribution in [3.63, 3.8) is 0 Å². The second kappa shape index (κ2) is 13.9. The number of hydrogen-bond acceptors (Lipinski definition) is 7. The minimum Gasteiger partial charge on any atom is -0.508 e. The van der Waals surface area contributed by atoms with Crippen molar-refractivity contribution in [2.75, 3.05) is 0 Å². The van der Waals surface area contributed by atoms with E-state index >= 15 is 0 Å². The summed E-state index contributed by atoms with van der Waals surface area (Å²) in [7, 11) is 0. The summed E-state index contributed by atoms with van der Waals surface area (Å²) in [4.78, 5) is 60.2. The summed E-state index contributed by atoms with van der Waals surface area (Å²) in [5.41, 5.74) is 6.59. The summed E-state index contributed by atoms with van der Waals surface area (Å²) >= 11 is 0. The maximum atomic E-state index is 12.8. The number of benzene rings is 1. The molecule has 0 aliphatic rings. The Morgan fingerprint density at radius 1 is 0.914 bits per heavy atom. The minimum absolute atomic E-state index is 0.0502. The molecule has 12 nitrogen and oxygen atoms in total. The quantitative estimate of drug-likeness (QED) is 0.181. The van der Waals surface area contributed by atoms with E-state index in [4.69, 9.17) is 10.8 Å². The van der Waals surface area contributed by atoms with Gasteiger partial charge in [-0.3, -0.25) is 19.2 Å². The van der Waals surface area contributed by atoms with Gasteiger partial charge in [0.1, 0.15) is 23.9 Å². The molecule has 0 heterocycles. The van der Waals surface area contributed by atoms with E-state index in [0.717, 1.165) is 0 Å². The maximum Gasteiger partial charge on any atom is 0.326 e. The molecular weight excluding hydrogens is 460 g/mol. The fraction of sp³-hybridized carbons (Fsp3) is 0.522. The van der Waals surface area contributed by atoms with Gasteiger partial charge >= 0.3 is 11.9 Å². The Morgan fingerprint density at radius 2 is 1.51 bits per heavy atom. The van der Waals surface area contributed by atoms with Crippen LogP contribution in [-0.2, 0) is 30.4 Å². The molecule has 0 bridgehead atoms. The molecule has 0 radical (unpaired) electrons. The topological polar surface area (TPSA) is 208 Å². The number of aliphatic carboxylic acids is 2. The van der Waals surface area contributed by atoms with Crippen LogP contribution in [0.1, 0.15) is 45.6 Å². The van der Waals surface area contributed by atoms with Gasteiger partial charge in [0.2, 0.25) is 17.7 Å². The molecule has 0 aliphatic carbocycles. The number of carbonyl (C=O) groups excluding carboxylic acids is 3. The zero-order valence-electron chi connectivity index (χ0n) is 20.0. The number of hydrogen-bond donors (Lipinski definition) is 7. The molecule has 0 unspecified atom stereocenters. The third kappa shape index (κ3) is 10.0. The summed E-state index contributed by atoms with van der Waals surface area (Å²) in [6.45, 7) is 4.79. The van der Waals surface area contributed by atoms with Gasteiger partial charge in [0.25, 0.3) is 0 Å². The number of amides is 3. The Balaban J connectivity index is 2.83. The molecule has 12 heteroatoms. The van der Waals surface area contributed by atoms with Crippen molar-refractivity contribution in [1.82, 2.24) is 16.0 Å². The van der Waals surface area contributed by atoms with E-state index in [-0.39, 0.29) is 24.5 Å². The third-order valence-electron chi connectivity index (χ3n) is 5.54. The van der Waals surface area contributed by atoms with Crippen LogP contribution in [0.5, 0.6) is 5.75 Å². The van der Waals surface area contributed by atoms with Gasteiger partial charge in [0.15, 0.2) is 0 Å². The van der Waals surface area contributed by atoms with Gasteiger partial charge < -0.3 is 37.0 Å². The van der Waals surface area contributed by atoms with Crippen molar-refractivity contribution in [3.8, 4) is 5.75 Å². The van der Waals surface area contributed by atoms with Gasteiger partial charge in [-0.05, 0) is 43.4 Å². The number of carbonyl (C=O) groups is 5. The van der Waals surface area contributed by atoms with Gasteiger partial charge in [0, 0.05) is 6.42 Å². The second-order valence-corrected chi connectivity index (χ2v) is 8.41. The van der Waals surface area contributed by atoms with Gasteiger partial charge in [-0.15, -0.1) is 0 Å². The lowest BCUT2D eigenvalue weighted by Gasteiger charge is -2.25. The average molecular weight is 495 g/mol. The molecule has 0 saturated carbocycles. The molecule has 0 spiro atoms. The fourth-order valence-corrected chi connectivity index (χ4v) is 3.13. The first-order valence-corrected chi connectivity index (χ1v) is 11.2. The molecule has 0 saturated heterocycles. The number of carboxylic acid groups (broad SMARTS) is 2. The zero-order valence-corrected chi connectivity index (χ0v) is 20.0. The van der Waals surface area contributed by atoms with E-state index in [1.807, 2.05) is 0 Å². The Labute approximate surface area is 203 Å². The molecule has 1 rings (SSSR count). The minimum atomic E-state index is -1.29. The number of carboxylic acids is 2. The Morgan fingerprint density at radius 3 is 2.03 bits per heavy atom. The molecule has 35 heavy (non-hydrogen) atoms. The Bertz CT molecular complexity index is 905. The van der Waals surface area contributed by atoms with Crippen LogP contribution < -0.4 is 21.7 Å². The zero-order chi connectivity index (χ0) is 26.7. The summed E-state index contributed by atoms with van der Waals surface area (Å²) in [6, 6.07) is 1.40. The molecular formula is C23H34N4O8. The highest BCUT2D eigenvalue weighted by Gasteiger charge is 2.30. The van der Waals surface area contributed by atoms with Gasteiger partial charge in [-0.1, -0.05) is 32.4 Å². The van der Waals surface area contributed by atoms with Crippen molar-refractivity contribution in [1.29, 1.82) is 0 Å². The highest BCUT2D eigenvalue weighted by molar-refractivity contribution is 5.94. The van der Waals surface area contributed by atoms with Crippen LogP contribution in [0.4, 0.5) is 0 Å². The number of rotatable bonds is 14. The average Bonchev–Trinajstić information content (AvgIpc) is 2.80. The lowest BCUT2D eigenvalue weighted by Crippen LogP contribution is -2.57. The Hall–Kier alpha value is -3.67. The first-order chi connectivity index (χ1) is 16.3. The molecule has 1 aromatic carbocycles. The molecule has 1 aromatic rings. The van der Waals surface area contributed by atoms with E-state index < -0.39 is 60.2 Å². The van der Waals surface area contributed by atoms with Crippen molar-refractivity contribution in [3.05, 3.63) is 29.8 Å². The van der Waals surface area contributed by atoms with E-state index in [0.29, 0.717) is 12.0 Å². The highest BCUT2D eigenvalue weighted by Crippen LogP contribution is 2.11. The summed E-state index contributed by atoms with van der Waals surface area (Å²) in [6.07, 6.45) is -0.0743. The SMILES string of the molecule is CC[C@H](C)[C@H](NC(=O)[C@H](C)NC(=O)[C@H](CCC(=O)O)NC(=O)[C@@H](N)Cc1ccc(O)cc1)C(=O)O. The molecule has 0 aromatic heterocycles. The summed E-state index contributed by atoms with van der Waals surface area (Å²) in [5.74, 6) is -4.95. The van der Waals surface area contributed by atoms with Crippen molar-refractivity contribution in [2.45, 2.75) is 70.6 Å². The number of aromatic hydroxyl groups is 1. The maximum absolute atomic E-state index is 12.8. The largest absolute Gasteiger partial charge is 0.508 e. The van der Waals surface area contributed by atoms with Crippen LogP contribution >= 0.6 is 0 Å². The number of phenolic OH excluding ortho intramolecular Hbond substituents is 1. The van der Waals surface area contributed by atoms with Crippen molar-refractivity contribution in [2.24, 2.45) is 11.7 Å². The monoisotopic (exact) mass is 494 g/mol. The van der Waals surface area contributed by atoms with Crippen LogP contribution in [0.25, 0.3) is 0 Å². The van der Waals surface area contributed by atoms with Gasteiger partial charge in [-0.25, -0.2) is 4.79 Å². The van der Waals surface area contributed by atoms with E-state index in [2.05, 4.69) is 16.0 Å². The first kappa shape index (κ1) is 29.4. The molecule has 194 valence electrons. The third-order valence-corrected chi connectivity index (χ3v) is 5.54. The fourth-order valence-electron chi connectivity index (χ4n) is 3.13. The number of nitrogens with two attached hydrogens (primary N) is 1. The predicted molar refractivity (Wildman–Crippen MR) is 125 cm³/mol. The smallest absolute Gasteiger partial charge is 0.326 e. The lowest BCUT2D eigenvalue weighted by atomic mass is 9.99. The molecule has 0 fully saturated rings. The second-order valence-electron chi connectivity index (χ2n) is 8.41. The predicted octanol–water partition coefficient (Wildman–Crippen LogP) is -0.268.